The fourth-order valence-electron chi connectivity index (χ4n) is 2.71. The first kappa shape index (κ1) is 15.4. The fourth-order valence-corrected chi connectivity index (χ4v) is 2.71. The van der Waals surface area contributed by atoms with Gasteiger partial charge in [-0.15, -0.1) is 12.4 Å². The molecular formula is C14H24ClN3. The lowest BCUT2D eigenvalue weighted by Gasteiger charge is -2.38. The van der Waals surface area contributed by atoms with E-state index in [1.54, 1.807) is 0 Å². The zero-order valence-electron chi connectivity index (χ0n) is 11.3. The number of pyridine rings is 1. The van der Waals surface area contributed by atoms with Crippen molar-refractivity contribution in [2.45, 2.75) is 51.7 Å². The Balaban J connectivity index is 0.00000162. The summed E-state index contributed by atoms with van der Waals surface area (Å²) in [6, 6.07) is 4.98. The second-order valence-electron chi connectivity index (χ2n) is 5.14. The maximum Gasteiger partial charge on any atom is 0.0417 e. The molecule has 18 heavy (non-hydrogen) atoms. The van der Waals surface area contributed by atoms with E-state index in [4.69, 9.17) is 5.73 Å². The molecule has 1 fully saturated rings. The van der Waals surface area contributed by atoms with Crippen molar-refractivity contribution in [3.63, 3.8) is 0 Å². The third-order valence-corrected chi connectivity index (χ3v) is 3.76. The quantitative estimate of drug-likeness (QED) is 0.917. The minimum absolute atomic E-state index is 0. The molecule has 0 amide bonds. The van der Waals surface area contributed by atoms with Crippen LogP contribution in [0.4, 0.5) is 0 Å². The SMILES string of the molecule is Cc1ncccc1CN1CCCCC1C(C)N.Cl. The number of aromatic nitrogens is 1. The van der Waals surface area contributed by atoms with Crippen LogP contribution in [0, 0.1) is 6.92 Å². The van der Waals surface area contributed by atoms with Crippen molar-refractivity contribution >= 4 is 12.4 Å². The van der Waals surface area contributed by atoms with E-state index in [1.807, 2.05) is 12.3 Å². The van der Waals surface area contributed by atoms with E-state index in [0.717, 1.165) is 12.2 Å². The van der Waals surface area contributed by atoms with Crippen LogP contribution in [0.3, 0.4) is 0 Å². The number of halogens is 1. The molecule has 102 valence electrons. The predicted octanol–water partition coefficient (Wildman–Crippen LogP) is 2.51. The molecular weight excluding hydrogens is 246 g/mol. The van der Waals surface area contributed by atoms with Crippen molar-refractivity contribution in [3.05, 3.63) is 29.6 Å². The maximum atomic E-state index is 6.09. The minimum atomic E-state index is 0. The van der Waals surface area contributed by atoms with E-state index >= 15 is 0 Å². The van der Waals surface area contributed by atoms with Crippen molar-refractivity contribution < 1.29 is 0 Å². The average Bonchev–Trinajstić information content (AvgIpc) is 2.32. The average molecular weight is 270 g/mol. The van der Waals surface area contributed by atoms with Crippen molar-refractivity contribution in [1.82, 2.24) is 9.88 Å². The monoisotopic (exact) mass is 269 g/mol. The van der Waals surface area contributed by atoms with Crippen LogP contribution in [0.15, 0.2) is 18.3 Å². The molecule has 0 bridgehead atoms. The number of aryl methyl sites for hydroxylation is 1. The Morgan fingerprint density at radius 3 is 2.94 bits per heavy atom. The summed E-state index contributed by atoms with van der Waals surface area (Å²) < 4.78 is 0. The Morgan fingerprint density at radius 2 is 2.28 bits per heavy atom. The van der Waals surface area contributed by atoms with Gasteiger partial charge in [0.15, 0.2) is 0 Å². The largest absolute Gasteiger partial charge is 0.327 e. The summed E-state index contributed by atoms with van der Waals surface area (Å²) in [6.07, 6.45) is 5.70. The van der Waals surface area contributed by atoms with E-state index in [-0.39, 0.29) is 18.4 Å². The molecule has 2 atom stereocenters. The number of rotatable bonds is 3. The van der Waals surface area contributed by atoms with Gasteiger partial charge in [-0.3, -0.25) is 9.88 Å². The Kier molecular flexibility index (Phi) is 6.06. The zero-order chi connectivity index (χ0) is 12.3. The minimum Gasteiger partial charge on any atom is -0.327 e. The second-order valence-corrected chi connectivity index (χ2v) is 5.14. The molecule has 0 saturated carbocycles. The number of piperidine rings is 1. The zero-order valence-corrected chi connectivity index (χ0v) is 12.1. The van der Waals surface area contributed by atoms with Crippen LogP contribution in [-0.2, 0) is 6.54 Å². The molecule has 0 aliphatic carbocycles. The lowest BCUT2D eigenvalue weighted by Crippen LogP contribution is -2.48. The van der Waals surface area contributed by atoms with E-state index < -0.39 is 0 Å². The van der Waals surface area contributed by atoms with E-state index in [0.29, 0.717) is 6.04 Å². The first-order chi connectivity index (χ1) is 8.18. The Hall–Kier alpha value is -0.640. The third-order valence-electron chi connectivity index (χ3n) is 3.76. The van der Waals surface area contributed by atoms with Gasteiger partial charge in [-0.1, -0.05) is 12.5 Å². The van der Waals surface area contributed by atoms with Crippen LogP contribution in [0.25, 0.3) is 0 Å². The summed E-state index contributed by atoms with van der Waals surface area (Å²) in [7, 11) is 0. The third kappa shape index (κ3) is 3.67. The molecule has 1 aliphatic heterocycles. The molecule has 1 aromatic rings. The number of hydrogen-bond donors (Lipinski definition) is 1. The maximum absolute atomic E-state index is 6.09. The molecule has 1 saturated heterocycles. The lowest BCUT2D eigenvalue weighted by molar-refractivity contribution is 0.122. The highest BCUT2D eigenvalue weighted by molar-refractivity contribution is 5.85. The number of likely N-dealkylation sites (tertiary alicyclic amines) is 1. The molecule has 2 unspecified atom stereocenters. The molecule has 3 nitrogen and oxygen atoms in total. The van der Waals surface area contributed by atoms with Gasteiger partial charge in [0.25, 0.3) is 0 Å². The van der Waals surface area contributed by atoms with Gasteiger partial charge < -0.3 is 5.73 Å². The van der Waals surface area contributed by atoms with Crippen molar-refractivity contribution in [1.29, 1.82) is 0 Å². The molecule has 2 N–H and O–H groups in total. The van der Waals surface area contributed by atoms with Crippen LogP contribution < -0.4 is 5.73 Å². The van der Waals surface area contributed by atoms with Crippen LogP contribution >= 0.6 is 12.4 Å². The summed E-state index contributed by atoms with van der Waals surface area (Å²) in [6.45, 7) is 6.37. The van der Waals surface area contributed by atoms with Gasteiger partial charge in [0.2, 0.25) is 0 Å². The summed E-state index contributed by atoms with van der Waals surface area (Å²) in [5.41, 5.74) is 8.57. The van der Waals surface area contributed by atoms with Gasteiger partial charge in [0.1, 0.15) is 0 Å². The lowest BCUT2D eigenvalue weighted by atomic mass is 9.96. The fraction of sp³-hybridized carbons (Fsp3) is 0.643. The number of nitrogens with zero attached hydrogens (tertiary/aromatic N) is 2. The molecule has 1 aliphatic rings. The van der Waals surface area contributed by atoms with Gasteiger partial charge in [0.05, 0.1) is 0 Å². The van der Waals surface area contributed by atoms with E-state index in [2.05, 4.69) is 29.8 Å². The highest BCUT2D eigenvalue weighted by Crippen LogP contribution is 2.21. The van der Waals surface area contributed by atoms with Gasteiger partial charge in [-0.2, -0.15) is 0 Å². The summed E-state index contributed by atoms with van der Waals surface area (Å²) >= 11 is 0. The van der Waals surface area contributed by atoms with Crippen LogP contribution in [-0.4, -0.2) is 28.5 Å². The standard InChI is InChI=1S/C14H23N3.ClH/c1-11(15)14-7-3-4-9-17(14)10-13-6-5-8-16-12(13)2;/h5-6,8,11,14H,3-4,7,9-10,15H2,1-2H3;1H. The van der Waals surface area contributed by atoms with E-state index in [1.165, 1.54) is 31.4 Å². The number of nitrogens with two attached hydrogens (primary N) is 1. The number of hydrogen-bond acceptors (Lipinski definition) is 3. The highest BCUT2D eigenvalue weighted by Gasteiger charge is 2.25. The highest BCUT2D eigenvalue weighted by atomic mass is 35.5. The molecule has 0 spiro atoms. The van der Waals surface area contributed by atoms with Gasteiger partial charge in [0, 0.05) is 30.5 Å². The first-order valence-corrected chi connectivity index (χ1v) is 6.58. The Labute approximate surface area is 116 Å². The van der Waals surface area contributed by atoms with Gasteiger partial charge in [-0.25, -0.2) is 0 Å². The summed E-state index contributed by atoms with van der Waals surface area (Å²) in [4.78, 5) is 6.88. The molecule has 2 heterocycles. The second kappa shape index (κ2) is 7.07. The smallest absolute Gasteiger partial charge is 0.0417 e. The molecule has 1 aromatic heterocycles. The Morgan fingerprint density at radius 1 is 1.50 bits per heavy atom. The van der Waals surface area contributed by atoms with Gasteiger partial charge in [-0.05, 0) is 44.9 Å². The summed E-state index contributed by atoms with van der Waals surface area (Å²) in [5, 5.41) is 0. The topological polar surface area (TPSA) is 42.2 Å². The van der Waals surface area contributed by atoms with Crippen molar-refractivity contribution in [2.24, 2.45) is 5.73 Å². The molecule has 2 rings (SSSR count). The molecule has 4 heteroatoms. The van der Waals surface area contributed by atoms with Crippen LogP contribution in [0.5, 0.6) is 0 Å². The van der Waals surface area contributed by atoms with Crippen LogP contribution in [0.1, 0.15) is 37.4 Å². The summed E-state index contributed by atoms with van der Waals surface area (Å²) in [5.74, 6) is 0. The molecule has 0 aromatic carbocycles. The predicted molar refractivity (Wildman–Crippen MR) is 77.9 cm³/mol. The first-order valence-electron chi connectivity index (χ1n) is 6.58. The van der Waals surface area contributed by atoms with Gasteiger partial charge >= 0.3 is 0 Å². The Bertz CT molecular complexity index is 368. The van der Waals surface area contributed by atoms with Crippen molar-refractivity contribution in [2.75, 3.05) is 6.54 Å². The van der Waals surface area contributed by atoms with Crippen LogP contribution in [0.2, 0.25) is 0 Å². The normalized spacial score (nSPS) is 22.3. The van der Waals surface area contributed by atoms with E-state index in [9.17, 15) is 0 Å². The molecule has 0 radical (unpaired) electrons. The van der Waals surface area contributed by atoms with Crippen molar-refractivity contribution in [3.8, 4) is 0 Å².